The third-order valence-corrected chi connectivity index (χ3v) is 6.63. The zero-order chi connectivity index (χ0) is 38.1. The van der Waals surface area contributed by atoms with E-state index in [0.29, 0.717) is 17.7 Å². The molecule has 0 saturated carbocycles. The Hall–Kier alpha value is -5.67. The third-order valence-electron chi connectivity index (χ3n) is 6.63. The zero-order valence-corrected chi connectivity index (χ0v) is 25.9. The summed E-state index contributed by atoms with van der Waals surface area (Å²) in [5.41, 5.74) is 1.78. The van der Waals surface area contributed by atoms with Crippen LogP contribution in [0.1, 0.15) is 5.56 Å². The summed E-state index contributed by atoms with van der Waals surface area (Å²) in [4.78, 5) is 41.6. The second-order valence-electron chi connectivity index (χ2n) is 10.5. The van der Waals surface area contributed by atoms with Crippen molar-refractivity contribution in [1.82, 2.24) is 14.7 Å². The van der Waals surface area contributed by atoms with Gasteiger partial charge in [-0.2, -0.15) is 31.3 Å². The molecule has 0 unspecified atom stereocenters. The summed E-state index contributed by atoms with van der Waals surface area (Å²) in [6.45, 7) is 4.40. The number of likely N-dealkylation sites (N-methyl/N-ethyl adjacent to an activating group) is 1. The number of aromatic nitrogens is 4. The zero-order valence-electron chi connectivity index (χ0n) is 25.9. The second kappa shape index (κ2) is 16.4. The molecule has 0 aliphatic carbocycles. The first kappa shape index (κ1) is 39.8. The number of pyridine rings is 2. The van der Waals surface area contributed by atoms with Gasteiger partial charge in [0.2, 0.25) is 5.82 Å². The molecule has 0 amide bonds. The number of H-pyrrole nitrogens is 1. The number of hydrogen-bond donors (Lipinski definition) is 1. The fourth-order valence-corrected chi connectivity index (χ4v) is 4.15. The minimum atomic E-state index is -5.19. The van der Waals surface area contributed by atoms with Gasteiger partial charge >= 0.3 is 18.7 Å². The van der Waals surface area contributed by atoms with E-state index < -0.39 is 30.7 Å². The number of carbonyl (C=O) groups is 2. The maximum Gasteiger partial charge on any atom is 0.573 e. The molecule has 3 aromatic heterocycles. The van der Waals surface area contributed by atoms with Gasteiger partial charge < -0.3 is 38.5 Å². The molecule has 0 radical (unpaired) electrons. The molecule has 1 aliphatic rings. The van der Waals surface area contributed by atoms with Crippen molar-refractivity contribution < 1.29 is 78.5 Å². The third kappa shape index (κ3) is 12.6. The van der Waals surface area contributed by atoms with E-state index in [0.717, 1.165) is 37.6 Å². The molecule has 0 atom stereocenters. The van der Waals surface area contributed by atoms with Crippen molar-refractivity contribution >= 4 is 17.8 Å². The van der Waals surface area contributed by atoms with Crippen LogP contribution in [0.4, 0.5) is 45.3 Å². The summed E-state index contributed by atoms with van der Waals surface area (Å²) in [5, 5.41) is 21.5. The van der Waals surface area contributed by atoms with E-state index in [1.54, 1.807) is 16.8 Å². The number of carboxylic acids is 2. The van der Waals surface area contributed by atoms with Crippen LogP contribution in [-0.2, 0) is 16.1 Å². The first-order valence-electron chi connectivity index (χ1n) is 14.2. The lowest BCUT2D eigenvalue weighted by atomic mass is 10.2. The van der Waals surface area contributed by atoms with E-state index in [1.165, 1.54) is 35.2 Å². The Balaban J connectivity index is 0.000000424. The number of nitrogens with one attached hydrogen (secondary N) is 2. The number of carboxylic acid groups (broad SMARTS) is 2. The van der Waals surface area contributed by atoms with E-state index in [4.69, 9.17) is 24.3 Å². The summed E-state index contributed by atoms with van der Waals surface area (Å²) in [6.07, 6.45) is -11.6. The second-order valence-corrected chi connectivity index (χ2v) is 10.5. The van der Waals surface area contributed by atoms with Gasteiger partial charge in [-0.05, 0) is 42.0 Å². The number of anilines is 1. The van der Waals surface area contributed by atoms with Crippen molar-refractivity contribution in [3.8, 4) is 28.6 Å². The molecule has 1 aromatic carbocycles. The van der Waals surface area contributed by atoms with Gasteiger partial charge in [0, 0.05) is 23.9 Å². The smallest absolute Gasteiger partial charge is 0.542 e. The van der Waals surface area contributed by atoms with E-state index >= 15 is 0 Å². The largest absolute Gasteiger partial charge is 0.573 e. The predicted molar refractivity (Wildman–Crippen MR) is 149 cm³/mol. The lowest BCUT2D eigenvalue weighted by molar-refractivity contribution is -0.880. The molecule has 13 nitrogen and oxygen atoms in total. The van der Waals surface area contributed by atoms with Crippen LogP contribution in [0.5, 0.6) is 5.75 Å². The summed E-state index contributed by atoms with van der Waals surface area (Å²) in [7, 11) is 2.19. The van der Waals surface area contributed by atoms with Gasteiger partial charge in [-0.1, -0.05) is 5.16 Å². The van der Waals surface area contributed by atoms with Crippen molar-refractivity contribution in [3.63, 3.8) is 0 Å². The van der Waals surface area contributed by atoms with Crippen LogP contribution in [0.15, 0.2) is 70.2 Å². The molecule has 1 aliphatic heterocycles. The molecule has 4 heterocycles. The van der Waals surface area contributed by atoms with Gasteiger partial charge in [0.25, 0.3) is 17.3 Å². The average Bonchev–Trinajstić information content (AvgIpc) is 3.52. The summed E-state index contributed by atoms with van der Waals surface area (Å²) < 4.78 is 111. The molecule has 22 heteroatoms. The Kier molecular flexibility index (Phi) is 12.8. The maximum absolute atomic E-state index is 12.6. The average molecular weight is 741 g/mol. The fourth-order valence-electron chi connectivity index (χ4n) is 4.15. The van der Waals surface area contributed by atoms with E-state index in [9.17, 15) is 44.3 Å². The van der Waals surface area contributed by atoms with Crippen LogP contribution >= 0.6 is 0 Å². The number of alkyl halides is 9. The van der Waals surface area contributed by atoms with E-state index in [2.05, 4.69) is 37.9 Å². The minimum Gasteiger partial charge on any atom is -0.542 e. The van der Waals surface area contributed by atoms with Gasteiger partial charge in [0.1, 0.15) is 43.9 Å². The number of hydrogen-bond acceptors (Lipinski definition) is 10. The predicted octanol–water partition coefficient (Wildman–Crippen LogP) is 0.258. The van der Waals surface area contributed by atoms with Gasteiger partial charge in [0.15, 0.2) is 0 Å². The summed E-state index contributed by atoms with van der Waals surface area (Å²) in [6, 6.07) is 12.2. The number of aromatic amines is 1. The molecule has 51 heavy (non-hydrogen) atoms. The van der Waals surface area contributed by atoms with E-state index in [1.807, 2.05) is 12.3 Å². The van der Waals surface area contributed by atoms with Gasteiger partial charge in [0.05, 0.1) is 25.4 Å². The number of carbonyl (C=O) groups excluding carboxylic acids is 2. The van der Waals surface area contributed by atoms with Crippen molar-refractivity contribution in [2.45, 2.75) is 25.3 Å². The van der Waals surface area contributed by atoms with Crippen molar-refractivity contribution in [2.24, 2.45) is 0 Å². The molecular weight excluding hydrogens is 715 g/mol. The molecule has 276 valence electrons. The van der Waals surface area contributed by atoms with Gasteiger partial charge in [-0.15, -0.1) is 13.2 Å². The normalized spacial score (nSPS) is 13.7. The molecule has 5 rings (SSSR count). The SMILES string of the molecule is C[NH+]1CCN(c2cc(Cn3cc(-c4nc(-c5ccc(OC(F)(F)F)cc5)no4)ccc3=O)cc[nH+]2)CC1.O=C([O-])C(F)(F)F.O=C([O-])C(F)(F)F. The number of benzene rings is 1. The van der Waals surface area contributed by atoms with Gasteiger partial charge in [-0.3, -0.25) is 9.69 Å². The highest BCUT2D eigenvalue weighted by atomic mass is 19.4. The lowest BCUT2D eigenvalue weighted by Crippen LogP contribution is -3.12. The molecule has 4 aromatic rings. The Bertz CT molecular complexity index is 1810. The van der Waals surface area contributed by atoms with Crippen molar-refractivity contribution in [3.05, 3.63) is 76.8 Å². The van der Waals surface area contributed by atoms with Gasteiger partial charge in [-0.25, -0.2) is 4.98 Å². The number of ether oxygens (including phenoxy) is 1. The number of rotatable bonds is 6. The molecule has 2 N–H and O–H groups in total. The Morgan fingerprint density at radius 2 is 1.45 bits per heavy atom. The van der Waals surface area contributed by atoms with Crippen LogP contribution in [0.25, 0.3) is 22.8 Å². The number of nitrogens with zero attached hydrogens (tertiary/aromatic N) is 4. The first-order valence-corrected chi connectivity index (χ1v) is 14.2. The quantitative estimate of drug-likeness (QED) is 0.271. The van der Waals surface area contributed by atoms with Crippen LogP contribution in [0, 0.1) is 0 Å². The molecule has 1 saturated heterocycles. The molecule has 0 spiro atoms. The van der Waals surface area contributed by atoms with Crippen molar-refractivity contribution in [1.29, 1.82) is 0 Å². The highest BCUT2D eigenvalue weighted by Crippen LogP contribution is 2.27. The Labute approximate surface area is 280 Å². The maximum atomic E-state index is 12.6. The standard InChI is InChI=1S/C25H23F3N6O3.2C2HF3O2/c1-32-10-12-33(13-11-32)21-14-17(8-9-29-21)15-34-16-19(4-7-22(34)35)24-30-23(31-37-24)18-2-5-20(6-3-18)36-25(26,27)28;2*3-2(4,5)1(6)7/h2-9,14,16H,10-13,15H2,1H3;2*(H,6,7). The number of quaternary nitrogens is 1. The lowest BCUT2D eigenvalue weighted by Gasteiger charge is -2.25. The summed E-state index contributed by atoms with van der Waals surface area (Å²) >= 11 is 0. The van der Waals surface area contributed by atoms with Crippen molar-refractivity contribution in [2.75, 3.05) is 38.1 Å². The van der Waals surface area contributed by atoms with E-state index in [-0.39, 0.29) is 23.0 Å². The molecule has 1 fully saturated rings. The summed E-state index contributed by atoms with van der Waals surface area (Å²) in [5.74, 6) is -4.96. The van der Waals surface area contributed by atoms with Crippen LogP contribution < -0.4 is 35.3 Å². The number of halogens is 9. The number of piperazine rings is 1. The minimum absolute atomic E-state index is 0.179. The number of aliphatic carboxylic acids is 2. The highest BCUT2D eigenvalue weighted by Gasteiger charge is 2.31. The topological polar surface area (TPSA) is 172 Å². The highest BCUT2D eigenvalue weighted by molar-refractivity contribution is 5.71. The Morgan fingerprint density at radius 1 is 0.902 bits per heavy atom. The molecular formula is C29H25F9N6O7. The molecule has 0 bridgehead atoms. The van der Waals surface area contributed by atoms with Crippen LogP contribution in [0.3, 0.4) is 0 Å². The monoisotopic (exact) mass is 740 g/mol. The Morgan fingerprint density at radius 3 is 1.98 bits per heavy atom. The van der Waals surface area contributed by atoms with Crippen LogP contribution in [-0.4, -0.2) is 78.6 Å². The van der Waals surface area contributed by atoms with Crippen LogP contribution in [0.2, 0.25) is 0 Å². The first-order chi connectivity index (χ1) is 23.6. The fraction of sp³-hybridized carbons (Fsp3) is 0.310.